The lowest BCUT2D eigenvalue weighted by molar-refractivity contribution is 0.580. The second-order valence-electron chi connectivity index (χ2n) is 4.35. The molecular formula is C12H14N2O2S2. The van der Waals surface area contributed by atoms with Crippen molar-refractivity contribution in [1.29, 1.82) is 5.26 Å². The van der Waals surface area contributed by atoms with Gasteiger partial charge in [0.25, 0.3) is 0 Å². The van der Waals surface area contributed by atoms with E-state index in [0.29, 0.717) is 12.1 Å². The smallest absolute Gasteiger partial charge is 0.210 e. The monoisotopic (exact) mass is 282 g/mol. The average molecular weight is 282 g/mol. The topological polar surface area (TPSA) is 70.0 Å². The molecule has 0 aliphatic heterocycles. The first-order chi connectivity index (χ1) is 8.51. The average Bonchev–Trinajstić information content (AvgIpc) is 3.17. The van der Waals surface area contributed by atoms with Crippen molar-refractivity contribution in [2.45, 2.75) is 22.5 Å². The lowest BCUT2D eigenvalue weighted by Crippen LogP contribution is -2.31. The third-order valence-corrected chi connectivity index (χ3v) is 5.95. The number of nitrogens with one attached hydrogen (secondary N) is 1. The van der Waals surface area contributed by atoms with Crippen molar-refractivity contribution in [3.05, 3.63) is 29.8 Å². The molecule has 0 saturated heterocycles. The molecule has 0 unspecified atom stereocenters. The molecule has 1 aromatic rings. The van der Waals surface area contributed by atoms with Gasteiger partial charge in [-0.3, -0.25) is 0 Å². The number of thioether (sulfide) groups is 1. The summed E-state index contributed by atoms with van der Waals surface area (Å²) in [6, 6.07) is 7.90. The van der Waals surface area contributed by atoms with E-state index in [2.05, 4.69) is 4.72 Å². The summed E-state index contributed by atoms with van der Waals surface area (Å²) in [5, 5.41) is 8.66. The van der Waals surface area contributed by atoms with Crippen molar-refractivity contribution < 1.29 is 8.42 Å². The highest BCUT2D eigenvalue weighted by molar-refractivity contribution is 8.00. The summed E-state index contributed by atoms with van der Waals surface area (Å²) in [6.45, 7) is 0.469. The summed E-state index contributed by atoms with van der Waals surface area (Å²) in [5.74, 6) is 0. The molecule has 0 bridgehead atoms. The highest BCUT2D eigenvalue weighted by Crippen LogP contribution is 2.46. The van der Waals surface area contributed by atoms with Gasteiger partial charge in [0.05, 0.1) is 16.5 Å². The molecule has 1 aliphatic carbocycles. The maximum atomic E-state index is 12.0. The van der Waals surface area contributed by atoms with Gasteiger partial charge in [-0.2, -0.15) is 17.0 Å². The summed E-state index contributed by atoms with van der Waals surface area (Å²) >= 11 is 1.71. The van der Waals surface area contributed by atoms with E-state index in [-0.39, 0.29) is 9.64 Å². The van der Waals surface area contributed by atoms with Gasteiger partial charge in [-0.1, -0.05) is 0 Å². The predicted molar refractivity (Wildman–Crippen MR) is 71.8 cm³/mol. The van der Waals surface area contributed by atoms with Gasteiger partial charge < -0.3 is 0 Å². The van der Waals surface area contributed by atoms with Gasteiger partial charge in [-0.25, -0.2) is 13.1 Å². The molecule has 0 atom stereocenters. The Morgan fingerprint density at radius 1 is 1.39 bits per heavy atom. The van der Waals surface area contributed by atoms with Crippen molar-refractivity contribution >= 4 is 21.8 Å². The fourth-order valence-corrected chi connectivity index (χ4v) is 3.56. The van der Waals surface area contributed by atoms with Crippen molar-refractivity contribution in [2.75, 3.05) is 12.8 Å². The van der Waals surface area contributed by atoms with Gasteiger partial charge in [0, 0.05) is 11.3 Å². The zero-order chi connectivity index (χ0) is 13.2. The first kappa shape index (κ1) is 13.4. The van der Waals surface area contributed by atoms with Crippen molar-refractivity contribution in [1.82, 2.24) is 4.72 Å². The van der Waals surface area contributed by atoms with E-state index in [9.17, 15) is 8.42 Å². The maximum Gasteiger partial charge on any atom is 0.240 e. The number of hydrogen-bond acceptors (Lipinski definition) is 4. The summed E-state index contributed by atoms with van der Waals surface area (Å²) < 4.78 is 26.8. The Hall–Kier alpha value is -1.03. The zero-order valence-electron chi connectivity index (χ0n) is 10.0. The first-order valence-electron chi connectivity index (χ1n) is 5.56. The molecule has 4 nitrogen and oxygen atoms in total. The van der Waals surface area contributed by atoms with Gasteiger partial charge >= 0.3 is 0 Å². The van der Waals surface area contributed by atoms with Crippen LogP contribution in [0.3, 0.4) is 0 Å². The minimum Gasteiger partial charge on any atom is -0.210 e. The molecule has 1 aromatic carbocycles. The summed E-state index contributed by atoms with van der Waals surface area (Å²) in [6.07, 6.45) is 4.12. The molecule has 0 aromatic heterocycles. The maximum absolute atomic E-state index is 12.0. The van der Waals surface area contributed by atoms with E-state index in [1.807, 2.05) is 12.3 Å². The molecule has 0 heterocycles. The molecule has 0 radical (unpaired) electrons. The number of hydrogen-bond donors (Lipinski definition) is 1. The van der Waals surface area contributed by atoms with Gasteiger partial charge in [0.1, 0.15) is 0 Å². The molecule has 6 heteroatoms. The molecule has 0 spiro atoms. The van der Waals surface area contributed by atoms with Crippen LogP contribution in [0.2, 0.25) is 0 Å². The predicted octanol–water partition coefficient (Wildman–Crippen LogP) is 1.73. The molecule has 1 saturated carbocycles. The Morgan fingerprint density at radius 2 is 2.00 bits per heavy atom. The van der Waals surface area contributed by atoms with Crippen LogP contribution in [-0.4, -0.2) is 26.0 Å². The standard InChI is InChI=1S/C12H14N2O2S2/c1-17-12(6-7-12)9-14-18(15,16)11-4-2-10(8-13)3-5-11/h2-5,14H,6-7,9H2,1H3. The van der Waals surface area contributed by atoms with Gasteiger partial charge in [-0.05, 0) is 43.4 Å². The Labute approximate surface area is 111 Å². The number of benzene rings is 1. The Bertz CT molecular complexity index is 569. The highest BCUT2D eigenvalue weighted by atomic mass is 32.2. The van der Waals surface area contributed by atoms with E-state index in [0.717, 1.165) is 12.8 Å². The van der Waals surface area contributed by atoms with Crippen LogP contribution in [0.5, 0.6) is 0 Å². The van der Waals surface area contributed by atoms with Crippen LogP contribution in [-0.2, 0) is 10.0 Å². The number of sulfonamides is 1. The van der Waals surface area contributed by atoms with Gasteiger partial charge in [-0.15, -0.1) is 0 Å². The van der Waals surface area contributed by atoms with Crippen molar-refractivity contribution in [3.63, 3.8) is 0 Å². The Kier molecular flexibility index (Phi) is 3.66. The van der Waals surface area contributed by atoms with Crippen LogP contribution in [0.1, 0.15) is 18.4 Å². The minimum atomic E-state index is -3.46. The molecule has 2 rings (SSSR count). The van der Waals surface area contributed by atoms with E-state index in [4.69, 9.17) is 5.26 Å². The molecule has 18 heavy (non-hydrogen) atoms. The van der Waals surface area contributed by atoms with Crippen LogP contribution in [0, 0.1) is 11.3 Å². The molecule has 96 valence electrons. The lowest BCUT2D eigenvalue weighted by atomic mass is 10.2. The van der Waals surface area contributed by atoms with Crippen LogP contribution in [0.25, 0.3) is 0 Å². The normalized spacial score (nSPS) is 17.1. The molecule has 1 N–H and O–H groups in total. The SMILES string of the molecule is CSC1(CNS(=O)(=O)c2ccc(C#N)cc2)CC1. The quantitative estimate of drug-likeness (QED) is 0.893. The summed E-state index contributed by atoms with van der Waals surface area (Å²) in [5.41, 5.74) is 0.455. The lowest BCUT2D eigenvalue weighted by Gasteiger charge is -2.13. The molecule has 1 aliphatic rings. The van der Waals surface area contributed by atoms with Crippen LogP contribution in [0.4, 0.5) is 0 Å². The second-order valence-corrected chi connectivity index (χ2v) is 7.39. The largest absolute Gasteiger partial charge is 0.240 e. The van der Waals surface area contributed by atoms with Crippen LogP contribution in [0.15, 0.2) is 29.2 Å². The number of nitrogens with zero attached hydrogens (tertiary/aromatic N) is 1. The first-order valence-corrected chi connectivity index (χ1v) is 8.27. The Balaban J connectivity index is 2.08. The van der Waals surface area contributed by atoms with Crippen molar-refractivity contribution in [2.24, 2.45) is 0 Å². The second kappa shape index (κ2) is 4.92. The Morgan fingerprint density at radius 3 is 2.44 bits per heavy atom. The highest BCUT2D eigenvalue weighted by Gasteiger charge is 2.42. The van der Waals surface area contributed by atoms with Crippen LogP contribution < -0.4 is 4.72 Å². The fourth-order valence-electron chi connectivity index (χ4n) is 1.61. The summed E-state index contributed by atoms with van der Waals surface area (Å²) in [7, 11) is -3.46. The van der Waals surface area contributed by atoms with E-state index in [1.165, 1.54) is 24.3 Å². The third kappa shape index (κ3) is 2.86. The van der Waals surface area contributed by atoms with E-state index in [1.54, 1.807) is 11.8 Å². The van der Waals surface area contributed by atoms with Crippen molar-refractivity contribution in [3.8, 4) is 6.07 Å². The number of nitriles is 1. The molecular weight excluding hydrogens is 268 g/mol. The van der Waals surface area contributed by atoms with Crippen LogP contribution >= 0.6 is 11.8 Å². The minimum absolute atomic E-state index is 0.0969. The van der Waals surface area contributed by atoms with E-state index < -0.39 is 10.0 Å². The summed E-state index contributed by atoms with van der Waals surface area (Å²) in [4.78, 5) is 0.207. The van der Waals surface area contributed by atoms with Gasteiger partial charge in [0.15, 0.2) is 0 Å². The van der Waals surface area contributed by atoms with E-state index >= 15 is 0 Å². The van der Waals surface area contributed by atoms with Gasteiger partial charge in [0.2, 0.25) is 10.0 Å². The fraction of sp³-hybridized carbons (Fsp3) is 0.417. The third-order valence-electron chi connectivity index (χ3n) is 3.12. The molecule has 0 amide bonds. The zero-order valence-corrected chi connectivity index (χ0v) is 11.6. The number of rotatable bonds is 5. The molecule has 1 fully saturated rings.